The van der Waals surface area contributed by atoms with Crippen molar-refractivity contribution in [2.45, 2.75) is 13.8 Å². The molecule has 3 aromatic rings. The number of nitrogens with one attached hydrogen (secondary N) is 2. The number of aryl methyl sites for hydroxylation is 2. The zero-order valence-corrected chi connectivity index (χ0v) is 11.8. The van der Waals surface area contributed by atoms with Crippen molar-refractivity contribution in [3.05, 3.63) is 47.5 Å². The van der Waals surface area contributed by atoms with Crippen LogP contribution in [0.25, 0.3) is 11.0 Å². The van der Waals surface area contributed by atoms with E-state index in [4.69, 9.17) is 4.74 Å². The normalized spacial score (nSPS) is 10.8. The minimum absolute atomic E-state index is 0.716. The molecule has 3 rings (SSSR count). The van der Waals surface area contributed by atoms with E-state index in [0.29, 0.717) is 5.95 Å². The van der Waals surface area contributed by atoms with E-state index in [1.54, 1.807) is 7.11 Å². The maximum atomic E-state index is 5.42. The minimum atomic E-state index is 0.716. The Kier molecular flexibility index (Phi) is 3.06. The second kappa shape index (κ2) is 4.89. The third kappa shape index (κ3) is 2.20. The van der Waals surface area contributed by atoms with Gasteiger partial charge in [-0.05, 0) is 49.2 Å². The van der Waals surface area contributed by atoms with E-state index < -0.39 is 0 Å². The lowest BCUT2D eigenvalue weighted by Crippen LogP contribution is -1.98. The predicted molar refractivity (Wildman–Crippen MR) is 81.8 cm³/mol. The molecule has 0 unspecified atom stereocenters. The molecule has 20 heavy (non-hydrogen) atoms. The molecular weight excluding hydrogens is 250 g/mol. The number of para-hydroxylation sites is 2. The zero-order valence-electron chi connectivity index (χ0n) is 11.8. The molecule has 0 aliphatic carbocycles. The largest absolute Gasteiger partial charge is 0.495 e. The lowest BCUT2D eigenvalue weighted by Gasteiger charge is -2.12. The molecular formula is C16H17N3O. The highest BCUT2D eigenvalue weighted by Crippen LogP contribution is 2.30. The Morgan fingerprint density at radius 3 is 2.60 bits per heavy atom. The van der Waals surface area contributed by atoms with Crippen LogP contribution < -0.4 is 10.1 Å². The topological polar surface area (TPSA) is 49.9 Å². The summed E-state index contributed by atoms with van der Waals surface area (Å²) in [6.45, 7) is 4.15. The number of benzene rings is 2. The van der Waals surface area contributed by atoms with Gasteiger partial charge in [-0.2, -0.15) is 0 Å². The van der Waals surface area contributed by atoms with Crippen molar-refractivity contribution in [2.24, 2.45) is 0 Å². The first-order valence-electron chi connectivity index (χ1n) is 6.54. The van der Waals surface area contributed by atoms with Gasteiger partial charge in [-0.3, -0.25) is 0 Å². The number of imidazole rings is 1. The number of anilines is 2. The Labute approximate surface area is 117 Å². The third-order valence-corrected chi connectivity index (χ3v) is 3.46. The average molecular weight is 267 g/mol. The van der Waals surface area contributed by atoms with Gasteiger partial charge >= 0.3 is 0 Å². The first kappa shape index (κ1) is 12.5. The summed E-state index contributed by atoms with van der Waals surface area (Å²) in [6, 6.07) is 12.0. The molecule has 0 amide bonds. The number of hydrogen-bond donors (Lipinski definition) is 2. The molecule has 0 fully saturated rings. The molecule has 0 aliphatic rings. The highest BCUT2D eigenvalue weighted by molar-refractivity contribution is 5.79. The number of H-pyrrole nitrogens is 1. The number of nitrogens with zero attached hydrogens (tertiary/aromatic N) is 1. The van der Waals surface area contributed by atoms with E-state index in [1.165, 1.54) is 11.1 Å². The lowest BCUT2D eigenvalue weighted by molar-refractivity contribution is 0.416. The fourth-order valence-electron chi connectivity index (χ4n) is 2.20. The Morgan fingerprint density at radius 1 is 1.10 bits per heavy atom. The Balaban J connectivity index is 1.99. The summed E-state index contributed by atoms with van der Waals surface area (Å²) in [5.41, 5.74) is 5.28. The van der Waals surface area contributed by atoms with Crippen LogP contribution in [0.15, 0.2) is 36.4 Å². The van der Waals surface area contributed by atoms with Crippen molar-refractivity contribution in [3.63, 3.8) is 0 Å². The van der Waals surface area contributed by atoms with E-state index in [9.17, 15) is 0 Å². The minimum Gasteiger partial charge on any atom is -0.495 e. The molecule has 102 valence electrons. The first-order chi connectivity index (χ1) is 9.67. The molecule has 1 aromatic heterocycles. The predicted octanol–water partition coefficient (Wildman–Crippen LogP) is 3.93. The highest BCUT2D eigenvalue weighted by atomic mass is 16.5. The monoisotopic (exact) mass is 267 g/mol. The molecule has 0 bridgehead atoms. The van der Waals surface area contributed by atoms with Gasteiger partial charge in [-0.15, -0.1) is 0 Å². The molecule has 2 N–H and O–H groups in total. The highest BCUT2D eigenvalue weighted by Gasteiger charge is 2.08. The molecule has 4 heteroatoms. The van der Waals surface area contributed by atoms with Crippen molar-refractivity contribution in [3.8, 4) is 5.75 Å². The summed E-state index contributed by atoms with van der Waals surface area (Å²) in [4.78, 5) is 7.76. The summed E-state index contributed by atoms with van der Waals surface area (Å²) in [5.74, 6) is 1.53. The van der Waals surface area contributed by atoms with E-state index in [1.807, 2.05) is 30.3 Å². The van der Waals surface area contributed by atoms with Gasteiger partial charge in [0.25, 0.3) is 0 Å². The van der Waals surface area contributed by atoms with Gasteiger partial charge in [-0.25, -0.2) is 4.98 Å². The second-order valence-corrected chi connectivity index (χ2v) is 4.86. The van der Waals surface area contributed by atoms with E-state index in [0.717, 1.165) is 22.5 Å². The average Bonchev–Trinajstić information content (AvgIpc) is 2.84. The van der Waals surface area contributed by atoms with Crippen LogP contribution in [0.3, 0.4) is 0 Å². The summed E-state index contributed by atoms with van der Waals surface area (Å²) in [6.07, 6.45) is 0. The van der Waals surface area contributed by atoms with E-state index in [2.05, 4.69) is 35.2 Å². The van der Waals surface area contributed by atoms with Gasteiger partial charge < -0.3 is 15.0 Å². The SMILES string of the molecule is COc1cc(C)c(C)cc1Nc1nc2ccccc2[nH]1. The standard InChI is InChI=1S/C16H17N3O/c1-10-8-14(15(20-3)9-11(10)2)19-16-17-12-6-4-5-7-13(12)18-16/h4-9H,1-3H3,(H2,17,18,19). The summed E-state index contributed by atoms with van der Waals surface area (Å²) >= 11 is 0. The number of hydrogen-bond acceptors (Lipinski definition) is 3. The van der Waals surface area contributed by atoms with E-state index >= 15 is 0 Å². The Hall–Kier alpha value is -2.49. The molecule has 2 aromatic carbocycles. The van der Waals surface area contributed by atoms with Gasteiger partial charge in [0.15, 0.2) is 0 Å². The van der Waals surface area contributed by atoms with Gasteiger partial charge in [0.05, 0.1) is 23.8 Å². The molecule has 0 saturated carbocycles. The molecule has 1 heterocycles. The number of rotatable bonds is 3. The van der Waals surface area contributed by atoms with Gasteiger partial charge in [0, 0.05) is 0 Å². The van der Waals surface area contributed by atoms with Gasteiger partial charge in [-0.1, -0.05) is 12.1 Å². The van der Waals surface area contributed by atoms with Crippen LogP contribution in [-0.4, -0.2) is 17.1 Å². The number of fused-ring (bicyclic) bond motifs is 1. The smallest absolute Gasteiger partial charge is 0.205 e. The molecule has 0 saturated heterocycles. The van der Waals surface area contributed by atoms with Crippen molar-refractivity contribution in [1.82, 2.24) is 9.97 Å². The molecule has 0 atom stereocenters. The molecule has 0 aliphatic heterocycles. The molecule has 0 radical (unpaired) electrons. The van der Waals surface area contributed by atoms with Crippen molar-refractivity contribution >= 4 is 22.7 Å². The number of aromatic nitrogens is 2. The van der Waals surface area contributed by atoms with E-state index in [-0.39, 0.29) is 0 Å². The maximum absolute atomic E-state index is 5.42. The summed E-state index contributed by atoms with van der Waals surface area (Å²) in [7, 11) is 1.67. The van der Waals surface area contributed by atoms with Gasteiger partial charge in [0.2, 0.25) is 5.95 Å². The summed E-state index contributed by atoms with van der Waals surface area (Å²) < 4.78 is 5.42. The van der Waals surface area contributed by atoms with Crippen molar-refractivity contribution < 1.29 is 4.74 Å². The number of methoxy groups -OCH3 is 1. The van der Waals surface area contributed by atoms with Crippen LogP contribution in [-0.2, 0) is 0 Å². The molecule has 0 spiro atoms. The molecule has 4 nitrogen and oxygen atoms in total. The van der Waals surface area contributed by atoms with Crippen LogP contribution in [0.4, 0.5) is 11.6 Å². The Morgan fingerprint density at radius 2 is 1.85 bits per heavy atom. The van der Waals surface area contributed by atoms with Crippen LogP contribution >= 0.6 is 0 Å². The number of aromatic amines is 1. The fourth-order valence-corrected chi connectivity index (χ4v) is 2.20. The second-order valence-electron chi connectivity index (χ2n) is 4.86. The van der Waals surface area contributed by atoms with Gasteiger partial charge in [0.1, 0.15) is 5.75 Å². The Bertz CT molecular complexity index is 729. The first-order valence-corrected chi connectivity index (χ1v) is 6.54. The third-order valence-electron chi connectivity index (χ3n) is 3.46. The quantitative estimate of drug-likeness (QED) is 0.756. The van der Waals surface area contributed by atoms with Crippen LogP contribution in [0, 0.1) is 13.8 Å². The van der Waals surface area contributed by atoms with Crippen molar-refractivity contribution in [2.75, 3.05) is 12.4 Å². The zero-order chi connectivity index (χ0) is 14.1. The maximum Gasteiger partial charge on any atom is 0.205 e. The van der Waals surface area contributed by atoms with Crippen LogP contribution in [0.1, 0.15) is 11.1 Å². The fraction of sp³-hybridized carbons (Fsp3) is 0.188. The van der Waals surface area contributed by atoms with Crippen molar-refractivity contribution in [1.29, 1.82) is 0 Å². The summed E-state index contributed by atoms with van der Waals surface area (Å²) in [5, 5.41) is 3.29. The lowest BCUT2D eigenvalue weighted by atomic mass is 10.1. The van der Waals surface area contributed by atoms with Crippen LogP contribution in [0.5, 0.6) is 5.75 Å². The number of ether oxygens (including phenoxy) is 1. The van der Waals surface area contributed by atoms with Crippen LogP contribution in [0.2, 0.25) is 0 Å².